The van der Waals surface area contributed by atoms with Gasteiger partial charge < -0.3 is 10.5 Å². The van der Waals surface area contributed by atoms with Gasteiger partial charge in [0.25, 0.3) is 0 Å². The lowest BCUT2D eigenvalue weighted by molar-refractivity contribution is 0.102. The first-order valence-corrected chi connectivity index (χ1v) is 4.40. The monoisotopic (exact) mass is 208 g/mol. The standard InChI is InChI=1S/C10H12N2O3/c1-8(7-11)12-15-10(13)14-9-5-3-2-4-6-9/h2-6H,7,11H2,1H3. The maximum absolute atomic E-state index is 11.0. The van der Waals surface area contributed by atoms with Gasteiger partial charge in [0, 0.05) is 6.54 Å². The van der Waals surface area contributed by atoms with Gasteiger partial charge in [-0.3, -0.25) is 4.84 Å². The molecule has 0 aliphatic heterocycles. The van der Waals surface area contributed by atoms with Gasteiger partial charge in [-0.05, 0) is 19.1 Å². The fourth-order valence-electron chi connectivity index (χ4n) is 0.756. The number of carbonyl (C=O) groups is 1. The molecule has 0 aromatic heterocycles. The molecule has 5 heteroatoms. The van der Waals surface area contributed by atoms with Gasteiger partial charge in [0.1, 0.15) is 5.75 Å². The highest BCUT2D eigenvalue weighted by atomic mass is 16.8. The molecular weight excluding hydrogens is 196 g/mol. The molecule has 0 heterocycles. The number of ether oxygens (including phenoxy) is 1. The second-order valence-electron chi connectivity index (χ2n) is 2.79. The first-order valence-electron chi connectivity index (χ1n) is 4.40. The number of oxime groups is 1. The van der Waals surface area contributed by atoms with Crippen LogP contribution in [0.15, 0.2) is 35.5 Å². The fourth-order valence-corrected chi connectivity index (χ4v) is 0.756. The average Bonchev–Trinajstić information content (AvgIpc) is 2.27. The molecule has 0 spiro atoms. The molecule has 2 N–H and O–H groups in total. The molecule has 0 radical (unpaired) electrons. The van der Waals surface area contributed by atoms with Crippen LogP contribution < -0.4 is 10.5 Å². The number of para-hydroxylation sites is 1. The molecule has 0 atom stereocenters. The Kier molecular flexibility index (Phi) is 4.30. The normalized spacial score (nSPS) is 10.9. The second kappa shape index (κ2) is 5.77. The maximum atomic E-state index is 11.0. The van der Waals surface area contributed by atoms with E-state index in [0.29, 0.717) is 11.5 Å². The Labute approximate surface area is 87.5 Å². The third-order valence-corrected chi connectivity index (χ3v) is 1.52. The molecule has 1 rings (SSSR count). The van der Waals surface area contributed by atoms with Crippen molar-refractivity contribution in [2.45, 2.75) is 6.92 Å². The Morgan fingerprint density at radius 2 is 2.07 bits per heavy atom. The molecule has 0 saturated heterocycles. The molecule has 0 bridgehead atoms. The van der Waals surface area contributed by atoms with E-state index in [2.05, 4.69) is 9.99 Å². The molecule has 0 aliphatic carbocycles. The summed E-state index contributed by atoms with van der Waals surface area (Å²) in [6.45, 7) is 1.88. The van der Waals surface area contributed by atoms with E-state index >= 15 is 0 Å². The smallest absolute Gasteiger partial charge is 0.393 e. The Bertz CT molecular complexity index is 349. The zero-order valence-corrected chi connectivity index (χ0v) is 8.34. The molecule has 0 saturated carbocycles. The molecule has 0 unspecified atom stereocenters. The van der Waals surface area contributed by atoms with Crippen LogP contribution in [0.3, 0.4) is 0 Å². The number of rotatable bonds is 3. The van der Waals surface area contributed by atoms with Crippen molar-refractivity contribution in [1.29, 1.82) is 0 Å². The van der Waals surface area contributed by atoms with Gasteiger partial charge in [-0.25, -0.2) is 4.79 Å². The van der Waals surface area contributed by atoms with Crippen LogP contribution in [-0.4, -0.2) is 18.4 Å². The zero-order valence-electron chi connectivity index (χ0n) is 8.34. The second-order valence-corrected chi connectivity index (χ2v) is 2.79. The van der Waals surface area contributed by atoms with E-state index in [1.54, 1.807) is 31.2 Å². The minimum absolute atomic E-state index is 0.235. The summed E-state index contributed by atoms with van der Waals surface area (Å²) in [4.78, 5) is 15.5. The van der Waals surface area contributed by atoms with E-state index in [9.17, 15) is 4.79 Å². The Hall–Kier alpha value is -1.88. The minimum atomic E-state index is -0.881. The third-order valence-electron chi connectivity index (χ3n) is 1.52. The van der Waals surface area contributed by atoms with Crippen LogP contribution in [0.5, 0.6) is 5.75 Å². The summed E-state index contributed by atoms with van der Waals surface area (Å²) in [5.41, 5.74) is 5.76. The first-order chi connectivity index (χ1) is 7.22. The van der Waals surface area contributed by atoms with Crippen LogP contribution >= 0.6 is 0 Å². The molecule has 5 nitrogen and oxygen atoms in total. The van der Waals surface area contributed by atoms with Gasteiger partial charge in [-0.1, -0.05) is 23.4 Å². The maximum Gasteiger partial charge on any atom is 0.540 e. The van der Waals surface area contributed by atoms with Crippen molar-refractivity contribution in [2.24, 2.45) is 10.9 Å². The number of hydrogen-bond acceptors (Lipinski definition) is 5. The molecule has 1 aromatic carbocycles. The quantitative estimate of drug-likeness (QED) is 0.269. The van der Waals surface area contributed by atoms with Gasteiger partial charge in [0.15, 0.2) is 0 Å². The zero-order chi connectivity index (χ0) is 11.1. The van der Waals surface area contributed by atoms with Gasteiger partial charge in [-0.2, -0.15) is 0 Å². The highest BCUT2D eigenvalue weighted by molar-refractivity contribution is 5.83. The summed E-state index contributed by atoms with van der Waals surface area (Å²) in [5, 5.41) is 3.46. The topological polar surface area (TPSA) is 73.9 Å². The number of nitrogens with zero attached hydrogens (tertiary/aromatic N) is 1. The van der Waals surface area contributed by atoms with E-state index in [4.69, 9.17) is 10.5 Å². The lowest BCUT2D eigenvalue weighted by Gasteiger charge is -2.00. The fraction of sp³-hybridized carbons (Fsp3) is 0.200. The summed E-state index contributed by atoms with van der Waals surface area (Å²) in [6.07, 6.45) is -0.881. The molecule has 1 aromatic rings. The van der Waals surface area contributed by atoms with Gasteiger partial charge >= 0.3 is 6.16 Å². The molecule has 0 aliphatic rings. The highest BCUT2D eigenvalue weighted by Gasteiger charge is 2.04. The molecule has 0 fully saturated rings. The molecular formula is C10H12N2O3. The van der Waals surface area contributed by atoms with E-state index in [1.807, 2.05) is 6.07 Å². The summed E-state index contributed by atoms with van der Waals surface area (Å²) in [6, 6.07) is 8.59. The first kappa shape index (κ1) is 11.2. The Morgan fingerprint density at radius 1 is 1.40 bits per heavy atom. The summed E-state index contributed by atoms with van der Waals surface area (Å²) in [5.74, 6) is 0.406. The van der Waals surface area contributed by atoms with Crippen LogP contribution in [-0.2, 0) is 4.84 Å². The Balaban J connectivity index is 2.44. The average molecular weight is 208 g/mol. The van der Waals surface area contributed by atoms with Crippen molar-refractivity contribution in [3.05, 3.63) is 30.3 Å². The lowest BCUT2D eigenvalue weighted by Crippen LogP contribution is -2.13. The minimum Gasteiger partial charge on any atom is -0.393 e. The third kappa shape index (κ3) is 4.24. The number of nitrogens with two attached hydrogens (primary N) is 1. The summed E-state index contributed by atoms with van der Waals surface area (Å²) >= 11 is 0. The van der Waals surface area contributed by atoms with E-state index < -0.39 is 6.16 Å². The van der Waals surface area contributed by atoms with Crippen LogP contribution in [0.25, 0.3) is 0 Å². The number of hydrogen-bond donors (Lipinski definition) is 1. The van der Waals surface area contributed by atoms with Gasteiger partial charge in [0.05, 0.1) is 5.71 Å². The lowest BCUT2D eigenvalue weighted by atomic mass is 10.3. The van der Waals surface area contributed by atoms with Crippen molar-refractivity contribution in [1.82, 2.24) is 0 Å². The molecule has 15 heavy (non-hydrogen) atoms. The van der Waals surface area contributed by atoms with Gasteiger partial charge in [0.2, 0.25) is 0 Å². The molecule has 0 amide bonds. The predicted octanol–water partition coefficient (Wildman–Crippen LogP) is 1.54. The SMILES string of the molecule is CC(CN)=NOC(=O)Oc1ccccc1. The summed E-state index contributed by atoms with van der Waals surface area (Å²) in [7, 11) is 0. The van der Waals surface area contributed by atoms with Crippen molar-refractivity contribution < 1.29 is 14.4 Å². The number of carbonyl (C=O) groups excluding carboxylic acids is 1. The van der Waals surface area contributed by atoms with Crippen molar-refractivity contribution in [3.63, 3.8) is 0 Å². The van der Waals surface area contributed by atoms with Crippen molar-refractivity contribution in [2.75, 3.05) is 6.54 Å². The summed E-state index contributed by atoms with van der Waals surface area (Å²) < 4.78 is 4.80. The predicted molar refractivity (Wildman–Crippen MR) is 55.7 cm³/mol. The molecule has 80 valence electrons. The van der Waals surface area contributed by atoms with Crippen LogP contribution in [0.2, 0.25) is 0 Å². The largest absolute Gasteiger partial charge is 0.540 e. The van der Waals surface area contributed by atoms with Crippen LogP contribution in [0.4, 0.5) is 4.79 Å². The van der Waals surface area contributed by atoms with E-state index in [0.717, 1.165) is 0 Å². The number of benzene rings is 1. The van der Waals surface area contributed by atoms with Gasteiger partial charge in [-0.15, -0.1) is 0 Å². The van der Waals surface area contributed by atoms with E-state index in [-0.39, 0.29) is 6.54 Å². The van der Waals surface area contributed by atoms with Crippen LogP contribution in [0.1, 0.15) is 6.92 Å². The highest BCUT2D eigenvalue weighted by Crippen LogP contribution is 2.08. The van der Waals surface area contributed by atoms with Crippen LogP contribution in [0, 0.1) is 0 Å². The Morgan fingerprint density at radius 3 is 2.67 bits per heavy atom. The van der Waals surface area contributed by atoms with E-state index in [1.165, 1.54) is 0 Å². The van der Waals surface area contributed by atoms with Crippen molar-refractivity contribution >= 4 is 11.9 Å². The van der Waals surface area contributed by atoms with Crippen molar-refractivity contribution in [3.8, 4) is 5.75 Å².